The molecule has 0 spiro atoms. The largest absolute Gasteiger partial charge is 0.401 e. The molecule has 1 heterocycles. The van der Waals surface area contributed by atoms with Crippen LogP contribution in [0.25, 0.3) is 0 Å². The number of hydrogen-bond acceptors (Lipinski definition) is 6. The number of hydrogen-bond donors (Lipinski definition) is 3. The summed E-state index contributed by atoms with van der Waals surface area (Å²) in [6, 6.07) is 4.43. The van der Waals surface area contributed by atoms with Crippen LogP contribution in [0.3, 0.4) is 0 Å². The Balaban J connectivity index is 1.98. The monoisotopic (exact) mass is 517 g/mol. The number of rotatable bonds is 6. The molecule has 0 aromatic heterocycles. The zero-order chi connectivity index (χ0) is 28.5. The summed E-state index contributed by atoms with van der Waals surface area (Å²) in [7, 11) is 0. The Bertz CT molecular complexity index is 1180. The summed E-state index contributed by atoms with van der Waals surface area (Å²) in [5.41, 5.74) is 7.63. The molecule has 2 atom stereocenters. The second-order valence-corrected chi connectivity index (χ2v) is 13.3. The molecule has 0 aromatic rings. The zero-order valence-electron chi connectivity index (χ0n) is 24.0. The Morgan fingerprint density at radius 2 is 1.82 bits per heavy atom. The van der Waals surface area contributed by atoms with E-state index in [0.29, 0.717) is 19.3 Å². The Morgan fingerprint density at radius 1 is 1.18 bits per heavy atom. The lowest BCUT2D eigenvalue weighted by Crippen LogP contribution is -2.52. The summed E-state index contributed by atoms with van der Waals surface area (Å²) < 4.78 is 6.33. The van der Waals surface area contributed by atoms with Crippen molar-refractivity contribution in [2.24, 2.45) is 28.4 Å². The fourth-order valence-electron chi connectivity index (χ4n) is 6.36. The first-order valence-electron chi connectivity index (χ1n) is 13.5. The van der Waals surface area contributed by atoms with Crippen LogP contribution in [-0.2, 0) is 9.53 Å². The average Bonchev–Trinajstić information content (AvgIpc) is 2.81. The lowest BCUT2D eigenvalue weighted by Gasteiger charge is -2.51. The quantitative estimate of drug-likeness (QED) is 0.373. The van der Waals surface area contributed by atoms with Crippen molar-refractivity contribution in [2.75, 3.05) is 0 Å². The predicted molar refractivity (Wildman–Crippen MR) is 149 cm³/mol. The van der Waals surface area contributed by atoms with Gasteiger partial charge in [0.15, 0.2) is 0 Å². The lowest BCUT2D eigenvalue weighted by atomic mass is 9.60. The molecule has 0 saturated carbocycles. The van der Waals surface area contributed by atoms with Crippen LogP contribution >= 0.6 is 0 Å². The molecule has 7 nitrogen and oxygen atoms in total. The molecule has 1 fully saturated rings. The summed E-state index contributed by atoms with van der Waals surface area (Å²) in [4.78, 5) is 13.2. The third-order valence-corrected chi connectivity index (χ3v) is 8.10. The number of nitrogens with zero attached hydrogens (tertiary/aromatic N) is 2. The van der Waals surface area contributed by atoms with Crippen LogP contribution in [-0.4, -0.2) is 22.8 Å². The Hall–Kier alpha value is -3.16. The van der Waals surface area contributed by atoms with Crippen LogP contribution in [0.1, 0.15) is 87.0 Å². The van der Waals surface area contributed by atoms with Crippen LogP contribution in [0.5, 0.6) is 0 Å². The van der Waals surface area contributed by atoms with Gasteiger partial charge in [-0.3, -0.25) is 10.2 Å². The van der Waals surface area contributed by atoms with Gasteiger partial charge in [-0.2, -0.15) is 10.5 Å². The van der Waals surface area contributed by atoms with Gasteiger partial charge >= 0.3 is 0 Å². The van der Waals surface area contributed by atoms with E-state index >= 15 is 0 Å². The van der Waals surface area contributed by atoms with Gasteiger partial charge in [0.2, 0.25) is 5.91 Å². The normalized spacial score (nSPS) is 26.4. The van der Waals surface area contributed by atoms with Crippen molar-refractivity contribution < 1.29 is 9.53 Å². The second-order valence-electron chi connectivity index (χ2n) is 13.3. The molecule has 1 amide bonds. The van der Waals surface area contributed by atoms with Crippen LogP contribution in [0.15, 0.2) is 46.8 Å². The van der Waals surface area contributed by atoms with Gasteiger partial charge < -0.3 is 15.8 Å². The number of nitrogens with two attached hydrogens (primary N) is 1. The molecular formula is C31H43N5O2. The van der Waals surface area contributed by atoms with Crippen molar-refractivity contribution in [1.82, 2.24) is 5.32 Å². The molecule has 1 aliphatic heterocycles. The Labute approximate surface area is 228 Å². The fourth-order valence-corrected chi connectivity index (χ4v) is 6.36. The van der Waals surface area contributed by atoms with E-state index in [4.69, 9.17) is 21.1 Å². The van der Waals surface area contributed by atoms with Crippen molar-refractivity contribution in [3.05, 3.63) is 46.8 Å². The summed E-state index contributed by atoms with van der Waals surface area (Å²) >= 11 is 0. The topological polar surface area (TPSA) is 136 Å². The minimum atomic E-state index is -0.703. The van der Waals surface area contributed by atoms with E-state index in [2.05, 4.69) is 71.2 Å². The first kappa shape index (κ1) is 29.4. The van der Waals surface area contributed by atoms with Crippen molar-refractivity contribution in [1.29, 1.82) is 15.9 Å². The van der Waals surface area contributed by atoms with Gasteiger partial charge in [0.25, 0.3) is 0 Å². The third-order valence-electron chi connectivity index (χ3n) is 8.10. The highest BCUT2D eigenvalue weighted by atomic mass is 16.5. The van der Waals surface area contributed by atoms with Crippen LogP contribution < -0.4 is 11.1 Å². The molecular weight excluding hydrogens is 474 g/mol. The third kappa shape index (κ3) is 6.63. The molecule has 2 aliphatic carbocycles. The maximum absolute atomic E-state index is 13.2. The van der Waals surface area contributed by atoms with Gasteiger partial charge in [0, 0.05) is 17.3 Å². The smallest absolute Gasteiger partial charge is 0.233 e. The van der Waals surface area contributed by atoms with Gasteiger partial charge in [0.1, 0.15) is 11.8 Å². The molecule has 0 aromatic carbocycles. The zero-order valence-corrected chi connectivity index (χ0v) is 24.0. The SMILES string of the molecule is CC(C(=O)NC1=CCC(C2(C#N)CC(C)(C)OC(C)(C)C2)C=C1C1=CCC(C)(C)CC1)C(N)=CC(=N)C#N. The van der Waals surface area contributed by atoms with Crippen molar-refractivity contribution in [3.63, 3.8) is 0 Å². The van der Waals surface area contributed by atoms with Crippen molar-refractivity contribution in [2.45, 2.75) is 98.2 Å². The summed E-state index contributed by atoms with van der Waals surface area (Å²) in [6.45, 7) is 14.4. The Kier molecular flexibility index (Phi) is 8.15. The summed E-state index contributed by atoms with van der Waals surface area (Å²) in [5.74, 6) is -1.01. The minimum Gasteiger partial charge on any atom is -0.401 e. The molecule has 3 aliphatic rings. The maximum atomic E-state index is 13.2. The van der Waals surface area contributed by atoms with E-state index in [1.807, 2.05) is 0 Å². The number of nitrogens with one attached hydrogen (secondary N) is 2. The first-order chi connectivity index (χ1) is 17.5. The van der Waals surface area contributed by atoms with E-state index < -0.39 is 22.5 Å². The number of nitriles is 2. The highest BCUT2D eigenvalue weighted by molar-refractivity contribution is 6.05. The van der Waals surface area contributed by atoms with Gasteiger partial charge in [-0.15, -0.1) is 0 Å². The average molecular weight is 518 g/mol. The second kappa shape index (κ2) is 10.5. The number of allylic oxidation sites excluding steroid dienone is 5. The maximum Gasteiger partial charge on any atom is 0.233 e. The molecule has 0 radical (unpaired) electrons. The summed E-state index contributed by atoms with van der Waals surface area (Å²) in [5, 5.41) is 30.1. The highest BCUT2D eigenvalue weighted by Gasteiger charge is 2.52. The van der Waals surface area contributed by atoms with Crippen molar-refractivity contribution in [3.8, 4) is 12.1 Å². The molecule has 0 bridgehead atoms. The molecule has 38 heavy (non-hydrogen) atoms. The van der Waals surface area contributed by atoms with Gasteiger partial charge in [-0.05, 0) is 95.8 Å². The van der Waals surface area contributed by atoms with Crippen molar-refractivity contribution >= 4 is 11.6 Å². The fraction of sp³-hybridized carbons (Fsp3) is 0.613. The van der Waals surface area contributed by atoms with E-state index in [9.17, 15) is 10.1 Å². The predicted octanol–water partition coefficient (Wildman–Crippen LogP) is 5.97. The number of amides is 1. The van der Waals surface area contributed by atoms with E-state index in [1.165, 1.54) is 11.6 Å². The Morgan fingerprint density at radius 3 is 2.34 bits per heavy atom. The molecule has 4 N–H and O–H groups in total. The first-order valence-corrected chi connectivity index (χ1v) is 13.5. The number of ether oxygens (including phenoxy) is 1. The molecule has 7 heteroatoms. The van der Waals surface area contributed by atoms with Crippen LogP contribution in [0, 0.1) is 50.7 Å². The minimum absolute atomic E-state index is 0.0140. The molecule has 2 unspecified atom stereocenters. The van der Waals surface area contributed by atoms with E-state index in [1.54, 1.807) is 13.0 Å². The lowest BCUT2D eigenvalue weighted by molar-refractivity contribution is -0.192. The van der Waals surface area contributed by atoms with Crippen LogP contribution in [0.2, 0.25) is 0 Å². The van der Waals surface area contributed by atoms with Gasteiger partial charge in [0.05, 0.1) is 28.6 Å². The number of carbonyl (C=O) groups is 1. The van der Waals surface area contributed by atoms with Gasteiger partial charge in [-0.1, -0.05) is 32.1 Å². The standard InChI is InChI=1S/C31H43N5O2/c1-20(25(35)15-23(34)16-32)27(37)36-26-9-8-22(14-24(26)21-10-12-28(2,3)13-11-21)31(19-33)17-29(4,5)38-30(6,7)18-31/h9-10,14-15,20,22,34H,8,11-13,17-18,35H2,1-7H3,(H,36,37). The van der Waals surface area contributed by atoms with E-state index in [0.717, 1.165) is 30.5 Å². The van der Waals surface area contributed by atoms with Crippen LogP contribution in [0.4, 0.5) is 0 Å². The van der Waals surface area contributed by atoms with Gasteiger partial charge in [-0.25, -0.2) is 0 Å². The number of carbonyl (C=O) groups excluding carboxylic acids is 1. The molecule has 204 valence electrons. The highest BCUT2D eigenvalue weighted by Crippen LogP contribution is 2.53. The molecule has 3 rings (SSSR count). The van der Waals surface area contributed by atoms with E-state index in [-0.39, 0.29) is 28.6 Å². The molecule has 1 saturated heterocycles. The summed E-state index contributed by atoms with van der Waals surface area (Å²) in [6.07, 6.45) is 12.6.